The van der Waals surface area contributed by atoms with Crippen LogP contribution in [0.3, 0.4) is 0 Å². The van der Waals surface area contributed by atoms with Crippen molar-refractivity contribution in [3.05, 3.63) is 0 Å². The Bertz CT molecular complexity index is 351. The van der Waals surface area contributed by atoms with Crippen LogP contribution in [0.2, 0.25) is 0 Å². The van der Waals surface area contributed by atoms with Gasteiger partial charge in [0.1, 0.15) is 0 Å². The summed E-state index contributed by atoms with van der Waals surface area (Å²) in [5, 5.41) is 9.79. The van der Waals surface area contributed by atoms with Crippen molar-refractivity contribution in [1.29, 1.82) is 0 Å². The quantitative estimate of drug-likeness (QED) is 0.777. The number of aliphatic hydroxyl groups excluding tert-OH is 1. The van der Waals surface area contributed by atoms with Crippen LogP contribution in [-0.2, 0) is 9.59 Å². The van der Waals surface area contributed by atoms with Crippen LogP contribution in [0, 0.1) is 17.8 Å². The predicted octanol–water partition coefficient (Wildman–Crippen LogP) is 1.57. The van der Waals surface area contributed by atoms with Crippen molar-refractivity contribution in [2.45, 2.75) is 58.6 Å². The predicted molar refractivity (Wildman–Crippen MR) is 67.6 cm³/mol. The van der Waals surface area contributed by atoms with Gasteiger partial charge in [-0.05, 0) is 39.5 Å². The van der Waals surface area contributed by atoms with Crippen LogP contribution < -0.4 is 0 Å². The summed E-state index contributed by atoms with van der Waals surface area (Å²) in [6, 6.07) is 0. The average molecular weight is 253 g/mol. The van der Waals surface area contributed by atoms with E-state index in [1.54, 1.807) is 20.8 Å². The number of nitrogens with zero attached hydrogens (tertiary/aromatic N) is 1. The van der Waals surface area contributed by atoms with Gasteiger partial charge in [0.25, 0.3) is 0 Å². The maximum Gasteiger partial charge on any atom is 0.233 e. The van der Waals surface area contributed by atoms with Crippen LogP contribution in [0.15, 0.2) is 0 Å². The third-order valence-electron chi connectivity index (χ3n) is 4.91. The molecule has 18 heavy (non-hydrogen) atoms. The summed E-state index contributed by atoms with van der Waals surface area (Å²) >= 11 is 0. The van der Waals surface area contributed by atoms with Gasteiger partial charge in [-0.15, -0.1) is 0 Å². The van der Waals surface area contributed by atoms with Crippen LogP contribution in [0.25, 0.3) is 0 Å². The number of hydrogen-bond acceptors (Lipinski definition) is 3. The summed E-state index contributed by atoms with van der Waals surface area (Å²) in [4.78, 5) is 26.1. The molecule has 1 heterocycles. The molecule has 0 bridgehead atoms. The minimum Gasteiger partial charge on any atom is -0.391 e. The van der Waals surface area contributed by atoms with Crippen LogP contribution >= 0.6 is 0 Å². The van der Waals surface area contributed by atoms with Crippen molar-refractivity contribution < 1.29 is 14.7 Å². The Labute approximate surface area is 108 Å². The summed E-state index contributed by atoms with van der Waals surface area (Å²) in [5.74, 6) is 0.0735. The molecular formula is C14H23NO3. The maximum absolute atomic E-state index is 12.4. The van der Waals surface area contributed by atoms with Crippen LogP contribution in [0.1, 0.15) is 47.0 Å². The molecule has 1 N–H and O–H groups in total. The first-order valence-corrected chi connectivity index (χ1v) is 6.86. The molecule has 2 rings (SSSR count). The van der Waals surface area contributed by atoms with Gasteiger partial charge in [-0.25, -0.2) is 0 Å². The molecule has 4 heteroatoms. The maximum atomic E-state index is 12.4. The molecule has 0 spiro atoms. The molecule has 0 aromatic rings. The summed E-state index contributed by atoms with van der Waals surface area (Å²) in [5.41, 5.74) is -0.805. The van der Waals surface area contributed by atoms with E-state index in [4.69, 9.17) is 0 Å². The van der Waals surface area contributed by atoms with E-state index in [1.165, 1.54) is 4.90 Å². The largest absolute Gasteiger partial charge is 0.391 e. The zero-order valence-electron chi connectivity index (χ0n) is 11.6. The fourth-order valence-electron chi connectivity index (χ4n) is 3.22. The minimum atomic E-state index is -0.805. The average Bonchev–Trinajstić information content (AvgIpc) is 2.80. The van der Waals surface area contributed by atoms with E-state index < -0.39 is 11.6 Å². The molecule has 1 aliphatic heterocycles. The van der Waals surface area contributed by atoms with Crippen LogP contribution in [0.5, 0.6) is 0 Å². The van der Waals surface area contributed by atoms with Gasteiger partial charge in [0.05, 0.1) is 23.5 Å². The fourth-order valence-corrected chi connectivity index (χ4v) is 3.22. The van der Waals surface area contributed by atoms with E-state index in [-0.39, 0.29) is 23.7 Å². The molecule has 3 unspecified atom stereocenters. The van der Waals surface area contributed by atoms with E-state index >= 15 is 0 Å². The number of aliphatic hydroxyl groups is 1. The summed E-state index contributed by atoms with van der Waals surface area (Å²) in [6.07, 6.45) is 1.98. The normalized spacial score (nSPS) is 34.1. The second-order valence-electron chi connectivity index (χ2n) is 6.30. The van der Waals surface area contributed by atoms with Crippen molar-refractivity contribution in [3.8, 4) is 0 Å². The van der Waals surface area contributed by atoms with Crippen molar-refractivity contribution in [3.63, 3.8) is 0 Å². The van der Waals surface area contributed by atoms with Crippen molar-refractivity contribution >= 4 is 11.8 Å². The van der Waals surface area contributed by atoms with Gasteiger partial charge in [-0.2, -0.15) is 0 Å². The zero-order valence-corrected chi connectivity index (χ0v) is 11.6. The number of hydrogen-bond donors (Lipinski definition) is 1. The second kappa shape index (κ2) is 4.34. The molecule has 2 aliphatic rings. The lowest BCUT2D eigenvalue weighted by Crippen LogP contribution is -2.54. The highest BCUT2D eigenvalue weighted by molar-refractivity contribution is 6.06. The van der Waals surface area contributed by atoms with Crippen LogP contribution in [0.4, 0.5) is 0 Å². The Kier molecular flexibility index (Phi) is 3.26. The molecule has 1 saturated heterocycles. The number of amides is 2. The molecule has 3 atom stereocenters. The summed E-state index contributed by atoms with van der Waals surface area (Å²) < 4.78 is 0. The lowest BCUT2D eigenvalue weighted by atomic mass is 9.95. The van der Waals surface area contributed by atoms with Crippen molar-refractivity contribution in [1.82, 2.24) is 4.90 Å². The third kappa shape index (κ3) is 1.78. The number of likely N-dealkylation sites (tertiary alicyclic amines) is 1. The monoisotopic (exact) mass is 253 g/mol. The van der Waals surface area contributed by atoms with Gasteiger partial charge >= 0.3 is 0 Å². The Morgan fingerprint density at radius 1 is 1.28 bits per heavy atom. The van der Waals surface area contributed by atoms with Crippen molar-refractivity contribution in [2.75, 3.05) is 0 Å². The van der Waals surface area contributed by atoms with E-state index in [2.05, 4.69) is 6.92 Å². The molecule has 0 aromatic heterocycles. The molecule has 2 fully saturated rings. The molecule has 1 saturated carbocycles. The lowest BCUT2D eigenvalue weighted by molar-refractivity contribution is -0.151. The Balaban J connectivity index is 2.25. The first kappa shape index (κ1) is 13.5. The number of carbonyl (C=O) groups is 2. The molecular weight excluding hydrogens is 230 g/mol. The minimum absolute atomic E-state index is 0.0770. The third-order valence-corrected chi connectivity index (χ3v) is 4.91. The summed E-state index contributed by atoms with van der Waals surface area (Å²) in [6.45, 7) is 7.25. The highest BCUT2D eigenvalue weighted by Gasteiger charge is 2.56. The van der Waals surface area contributed by atoms with E-state index in [0.29, 0.717) is 5.92 Å². The molecule has 102 valence electrons. The van der Waals surface area contributed by atoms with E-state index in [9.17, 15) is 14.7 Å². The van der Waals surface area contributed by atoms with Gasteiger partial charge in [0.15, 0.2) is 0 Å². The fraction of sp³-hybridized carbons (Fsp3) is 0.857. The Hall–Kier alpha value is -0.900. The first-order chi connectivity index (χ1) is 8.30. The molecule has 2 amide bonds. The number of rotatable bonds is 3. The Morgan fingerprint density at radius 3 is 2.06 bits per heavy atom. The van der Waals surface area contributed by atoms with Gasteiger partial charge < -0.3 is 5.11 Å². The lowest BCUT2D eigenvalue weighted by Gasteiger charge is -2.37. The van der Waals surface area contributed by atoms with Gasteiger partial charge in [-0.3, -0.25) is 14.5 Å². The summed E-state index contributed by atoms with van der Waals surface area (Å²) in [7, 11) is 0. The first-order valence-electron chi connectivity index (χ1n) is 6.86. The van der Waals surface area contributed by atoms with Gasteiger partial charge in [0.2, 0.25) is 11.8 Å². The zero-order chi connectivity index (χ0) is 13.7. The van der Waals surface area contributed by atoms with Gasteiger partial charge in [-0.1, -0.05) is 13.3 Å². The topological polar surface area (TPSA) is 57.6 Å². The highest BCUT2D eigenvalue weighted by Crippen LogP contribution is 2.46. The van der Waals surface area contributed by atoms with Crippen LogP contribution in [-0.4, -0.2) is 33.5 Å². The second-order valence-corrected chi connectivity index (χ2v) is 6.30. The standard InChI is InChI=1S/C14H23NO3/c1-5-9-6-10-11(7-9)13(18)15(12(10)17)14(3,4)8(2)16/h8-11,16H,5-7H2,1-4H3. The highest BCUT2D eigenvalue weighted by atomic mass is 16.3. The molecule has 0 aromatic carbocycles. The van der Waals surface area contributed by atoms with Gasteiger partial charge in [0, 0.05) is 0 Å². The number of imide groups is 1. The smallest absolute Gasteiger partial charge is 0.233 e. The number of fused-ring (bicyclic) bond motifs is 1. The van der Waals surface area contributed by atoms with E-state index in [1.807, 2.05) is 0 Å². The molecule has 1 aliphatic carbocycles. The number of carbonyl (C=O) groups excluding carboxylic acids is 2. The van der Waals surface area contributed by atoms with Crippen molar-refractivity contribution in [2.24, 2.45) is 17.8 Å². The molecule has 4 nitrogen and oxygen atoms in total. The SMILES string of the molecule is CCC1CC2C(=O)N(C(C)(C)C(C)O)C(=O)C2C1. The molecule has 0 radical (unpaired) electrons. The Morgan fingerprint density at radius 2 is 1.72 bits per heavy atom. The van der Waals surface area contributed by atoms with E-state index in [0.717, 1.165) is 19.3 Å².